The first-order chi connectivity index (χ1) is 7.79. The van der Waals surface area contributed by atoms with E-state index in [2.05, 4.69) is 0 Å². The zero-order valence-corrected chi connectivity index (χ0v) is 10.5. The fraction of sp³-hybridized carbons (Fsp3) is 0.700. The van der Waals surface area contributed by atoms with Gasteiger partial charge in [-0.2, -0.15) is 0 Å². The van der Waals surface area contributed by atoms with E-state index < -0.39 is 23.0 Å². The van der Waals surface area contributed by atoms with Gasteiger partial charge < -0.3 is 15.0 Å². The number of carboxylic acids is 1. The topological polar surface area (TPSA) is 94.9 Å². The van der Waals surface area contributed by atoms with Crippen molar-refractivity contribution in [2.75, 3.05) is 5.75 Å². The van der Waals surface area contributed by atoms with E-state index in [0.717, 1.165) is 16.7 Å². The Morgan fingerprint density at radius 1 is 1.41 bits per heavy atom. The first kappa shape index (κ1) is 13.8. The Kier molecular flexibility index (Phi) is 4.03. The van der Waals surface area contributed by atoms with Gasteiger partial charge in [0.1, 0.15) is 5.78 Å². The van der Waals surface area contributed by atoms with Crippen molar-refractivity contribution in [2.24, 2.45) is 0 Å². The van der Waals surface area contributed by atoms with Crippen molar-refractivity contribution in [2.45, 2.75) is 37.6 Å². The number of ketones is 1. The van der Waals surface area contributed by atoms with Crippen molar-refractivity contribution in [3.05, 3.63) is 0 Å². The smallest absolute Gasteiger partial charge is 0.409 e. The van der Waals surface area contributed by atoms with Crippen LogP contribution in [-0.2, 0) is 9.59 Å². The SMILES string of the molecule is CC(=O)CCC1CSC(C)(C(=O)O)N1C(=O)O. The summed E-state index contributed by atoms with van der Waals surface area (Å²) in [6, 6.07) is -0.414. The minimum absolute atomic E-state index is 0.0238. The van der Waals surface area contributed by atoms with E-state index in [-0.39, 0.29) is 12.2 Å². The lowest BCUT2D eigenvalue weighted by molar-refractivity contribution is -0.144. The molecule has 0 bridgehead atoms. The molecular formula is C10H15NO5S. The number of rotatable bonds is 4. The third kappa shape index (κ3) is 2.71. The van der Waals surface area contributed by atoms with Gasteiger partial charge in [0.15, 0.2) is 4.87 Å². The summed E-state index contributed by atoms with van der Waals surface area (Å²) in [5, 5.41) is 18.2. The lowest BCUT2D eigenvalue weighted by Crippen LogP contribution is -2.52. The minimum atomic E-state index is -1.45. The predicted octanol–water partition coefficient (Wildman–Crippen LogP) is 1.25. The van der Waals surface area contributed by atoms with Crippen molar-refractivity contribution < 1.29 is 24.6 Å². The maximum absolute atomic E-state index is 11.1. The van der Waals surface area contributed by atoms with Gasteiger partial charge >= 0.3 is 12.1 Å². The van der Waals surface area contributed by atoms with Crippen LogP contribution in [0.25, 0.3) is 0 Å². The molecule has 1 fully saturated rings. The number of thioether (sulfide) groups is 1. The fourth-order valence-corrected chi connectivity index (χ4v) is 3.16. The van der Waals surface area contributed by atoms with E-state index >= 15 is 0 Å². The summed E-state index contributed by atoms with van der Waals surface area (Å²) in [6.07, 6.45) is -0.615. The molecule has 2 atom stereocenters. The molecule has 2 N–H and O–H groups in total. The van der Waals surface area contributed by atoms with Crippen LogP contribution in [0.15, 0.2) is 0 Å². The van der Waals surface area contributed by atoms with Gasteiger partial charge in [0.25, 0.3) is 0 Å². The summed E-state index contributed by atoms with van der Waals surface area (Å²) in [7, 11) is 0. The molecule has 0 aromatic carbocycles. The highest BCUT2D eigenvalue weighted by Crippen LogP contribution is 2.40. The molecule has 2 unspecified atom stereocenters. The zero-order chi connectivity index (χ0) is 13.2. The van der Waals surface area contributed by atoms with Crippen LogP contribution in [0.4, 0.5) is 4.79 Å². The summed E-state index contributed by atoms with van der Waals surface area (Å²) < 4.78 is 0. The maximum Gasteiger partial charge on any atom is 0.409 e. The van der Waals surface area contributed by atoms with Crippen LogP contribution in [0.2, 0.25) is 0 Å². The molecule has 6 nitrogen and oxygen atoms in total. The molecule has 0 saturated carbocycles. The van der Waals surface area contributed by atoms with E-state index in [4.69, 9.17) is 10.2 Å². The van der Waals surface area contributed by atoms with Crippen LogP contribution in [0.1, 0.15) is 26.7 Å². The van der Waals surface area contributed by atoms with Crippen molar-refractivity contribution in [3.63, 3.8) is 0 Å². The highest BCUT2D eigenvalue weighted by molar-refractivity contribution is 8.01. The molecule has 0 aliphatic carbocycles. The number of carbonyl (C=O) groups excluding carboxylic acids is 1. The van der Waals surface area contributed by atoms with Gasteiger partial charge in [-0.25, -0.2) is 9.59 Å². The van der Waals surface area contributed by atoms with Crippen molar-refractivity contribution in [3.8, 4) is 0 Å². The van der Waals surface area contributed by atoms with Crippen molar-refractivity contribution in [1.82, 2.24) is 4.90 Å². The Balaban J connectivity index is 2.85. The van der Waals surface area contributed by atoms with Crippen LogP contribution in [0.5, 0.6) is 0 Å². The standard InChI is InChI=1S/C10H15NO5S/c1-6(12)3-4-7-5-17-10(2,8(13)14)11(7)9(15)16/h7H,3-5H2,1-2H3,(H,13,14)(H,15,16). The Morgan fingerprint density at radius 3 is 2.41 bits per heavy atom. The molecule has 0 aromatic heterocycles. The summed E-state index contributed by atoms with van der Waals surface area (Å²) in [5.74, 6) is -0.790. The molecule has 1 saturated heterocycles. The van der Waals surface area contributed by atoms with Crippen LogP contribution >= 0.6 is 11.8 Å². The van der Waals surface area contributed by atoms with Gasteiger partial charge in [-0.05, 0) is 20.3 Å². The number of Topliss-reactive ketones (excluding diaryl/α,β-unsaturated/α-hetero) is 1. The molecule has 17 heavy (non-hydrogen) atoms. The largest absolute Gasteiger partial charge is 0.479 e. The summed E-state index contributed by atoms with van der Waals surface area (Å²) in [4.78, 5) is 32.6. The van der Waals surface area contributed by atoms with E-state index in [0.29, 0.717) is 12.2 Å². The van der Waals surface area contributed by atoms with E-state index in [9.17, 15) is 14.4 Å². The maximum atomic E-state index is 11.1. The Morgan fingerprint density at radius 2 is 2.00 bits per heavy atom. The minimum Gasteiger partial charge on any atom is -0.479 e. The van der Waals surface area contributed by atoms with Crippen molar-refractivity contribution in [1.29, 1.82) is 0 Å². The summed E-state index contributed by atoms with van der Waals surface area (Å²) in [6.45, 7) is 2.81. The van der Waals surface area contributed by atoms with Crippen LogP contribution in [0, 0.1) is 0 Å². The van der Waals surface area contributed by atoms with Gasteiger partial charge in [-0.3, -0.25) is 4.90 Å². The molecule has 1 aliphatic rings. The Labute approximate surface area is 103 Å². The van der Waals surface area contributed by atoms with E-state index in [1.165, 1.54) is 13.8 Å². The van der Waals surface area contributed by atoms with Crippen LogP contribution in [-0.4, -0.2) is 49.6 Å². The number of hydrogen-bond acceptors (Lipinski definition) is 4. The molecule has 1 heterocycles. The quantitative estimate of drug-likeness (QED) is 0.790. The second kappa shape index (κ2) is 4.95. The number of amides is 1. The predicted molar refractivity (Wildman–Crippen MR) is 62.1 cm³/mol. The highest BCUT2D eigenvalue weighted by Gasteiger charge is 2.51. The molecule has 0 spiro atoms. The average Bonchev–Trinajstić information content (AvgIpc) is 2.54. The Hall–Kier alpha value is -1.24. The summed E-state index contributed by atoms with van der Waals surface area (Å²) >= 11 is 1.08. The monoisotopic (exact) mass is 261 g/mol. The van der Waals surface area contributed by atoms with Gasteiger partial charge in [-0.15, -0.1) is 11.8 Å². The molecule has 0 radical (unpaired) electrons. The lowest BCUT2D eigenvalue weighted by atomic mass is 10.1. The lowest BCUT2D eigenvalue weighted by Gasteiger charge is -2.31. The zero-order valence-electron chi connectivity index (χ0n) is 9.67. The molecule has 96 valence electrons. The second-order valence-corrected chi connectivity index (χ2v) is 5.56. The first-order valence-corrected chi connectivity index (χ1v) is 6.16. The third-order valence-corrected chi connectivity index (χ3v) is 4.30. The third-order valence-electron chi connectivity index (χ3n) is 2.81. The normalized spacial score (nSPS) is 28.1. The van der Waals surface area contributed by atoms with Crippen LogP contribution < -0.4 is 0 Å². The second-order valence-electron chi connectivity index (χ2n) is 4.15. The number of carbonyl (C=O) groups is 3. The first-order valence-electron chi connectivity index (χ1n) is 5.18. The van der Waals surface area contributed by atoms with E-state index in [1.807, 2.05) is 0 Å². The van der Waals surface area contributed by atoms with E-state index in [1.54, 1.807) is 0 Å². The van der Waals surface area contributed by atoms with Gasteiger partial charge in [0, 0.05) is 18.2 Å². The fourth-order valence-electron chi connectivity index (χ4n) is 1.84. The molecule has 1 aliphatic heterocycles. The van der Waals surface area contributed by atoms with Crippen molar-refractivity contribution >= 4 is 29.6 Å². The molecular weight excluding hydrogens is 246 g/mol. The van der Waals surface area contributed by atoms with Gasteiger partial charge in [-0.1, -0.05) is 0 Å². The average molecular weight is 261 g/mol. The number of hydrogen-bond donors (Lipinski definition) is 2. The molecule has 1 amide bonds. The molecule has 0 aromatic rings. The number of carboxylic acid groups (broad SMARTS) is 2. The highest BCUT2D eigenvalue weighted by atomic mass is 32.2. The molecule has 7 heteroatoms. The number of aliphatic carboxylic acids is 1. The number of nitrogens with zero attached hydrogens (tertiary/aromatic N) is 1. The van der Waals surface area contributed by atoms with Gasteiger partial charge in [0.05, 0.1) is 0 Å². The Bertz CT molecular complexity index is 359. The molecule has 1 rings (SSSR count). The van der Waals surface area contributed by atoms with Gasteiger partial charge in [0.2, 0.25) is 0 Å². The van der Waals surface area contributed by atoms with Crippen LogP contribution in [0.3, 0.4) is 0 Å². The summed E-state index contributed by atoms with van der Waals surface area (Å²) in [5.41, 5.74) is 0.